The predicted octanol–water partition coefficient (Wildman–Crippen LogP) is 6.01. The van der Waals surface area contributed by atoms with Gasteiger partial charge in [0.15, 0.2) is 0 Å². The van der Waals surface area contributed by atoms with Crippen LogP contribution < -0.4 is 9.50 Å². The lowest BCUT2D eigenvalue weighted by Crippen LogP contribution is -2.28. The first-order valence-corrected chi connectivity index (χ1v) is 13.6. The lowest BCUT2D eigenvalue weighted by molar-refractivity contribution is -0.0500. The van der Waals surface area contributed by atoms with Crippen LogP contribution in [0.3, 0.4) is 0 Å². The van der Waals surface area contributed by atoms with Crippen molar-refractivity contribution < 1.29 is 25.8 Å². The normalized spacial score (nSPS) is 25.3. The van der Waals surface area contributed by atoms with Crippen LogP contribution in [0.5, 0.6) is 5.75 Å². The zero-order chi connectivity index (χ0) is 25.2. The smallest absolute Gasteiger partial charge is 0.376 e. The van der Waals surface area contributed by atoms with Gasteiger partial charge in [-0.15, -0.1) is 0 Å². The number of benzene rings is 2. The highest BCUT2D eigenvalue weighted by Crippen LogP contribution is 2.58. The molecule has 1 aliphatic heterocycles. The topological polar surface area (TPSA) is 84.1 Å². The molecule has 2 aliphatic carbocycles. The first kappa shape index (κ1) is 23.5. The highest BCUT2D eigenvalue weighted by molar-refractivity contribution is 7.88. The molecule has 1 saturated carbocycles. The maximum Gasteiger partial charge on any atom is 0.534 e. The fourth-order valence-electron chi connectivity index (χ4n) is 6.08. The summed E-state index contributed by atoms with van der Waals surface area (Å²) in [6.07, 6.45) is 5.43. The minimum absolute atomic E-state index is 0.0120. The number of hydrogen-bond acceptors (Lipinski definition) is 5. The minimum atomic E-state index is -5.72. The summed E-state index contributed by atoms with van der Waals surface area (Å²) < 4.78 is 66.9. The van der Waals surface area contributed by atoms with E-state index in [2.05, 4.69) is 26.4 Å². The van der Waals surface area contributed by atoms with Crippen LogP contribution in [0.25, 0.3) is 22.4 Å². The second-order valence-electron chi connectivity index (χ2n) is 10.2. The van der Waals surface area contributed by atoms with Crippen LogP contribution >= 0.6 is 0 Å². The molecule has 4 unspecified atom stereocenters. The molecule has 2 fully saturated rings. The van der Waals surface area contributed by atoms with Crippen molar-refractivity contribution >= 4 is 10.1 Å². The third kappa shape index (κ3) is 3.91. The van der Waals surface area contributed by atoms with Crippen LogP contribution in [-0.2, 0) is 10.1 Å². The first-order valence-electron chi connectivity index (χ1n) is 12.2. The number of halogens is 3. The number of nitrogens with one attached hydrogen (secondary N) is 2. The Labute approximate surface area is 207 Å². The van der Waals surface area contributed by atoms with Gasteiger partial charge in [-0.3, -0.25) is 0 Å². The van der Waals surface area contributed by atoms with E-state index in [0.717, 1.165) is 66.0 Å². The zero-order valence-electron chi connectivity index (χ0n) is 19.6. The molecule has 6 nitrogen and oxygen atoms in total. The van der Waals surface area contributed by atoms with Crippen molar-refractivity contribution in [2.75, 3.05) is 6.54 Å². The van der Waals surface area contributed by atoms with E-state index in [9.17, 15) is 21.6 Å². The zero-order valence-corrected chi connectivity index (χ0v) is 20.4. The Balaban J connectivity index is 1.31. The predicted molar refractivity (Wildman–Crippen MR) is 129 cm³/mol. The summed E-state index contributed by atoms with van der Waals surface area (Å²) >= 11 is 0. The van der Waals surface area contributed by atoms with E-state index in [1.807, 2.05) is 30.5 Å². The van der Waals surface area contributed by atoms with E-state index in [0.29, 0.717) is 11.5 Å². The maximum atomic E-state index is 13.0. The van der Waals surface area contributed by atoms with Crippen molar-refractivity contribution in [3.05, 3.63) is 59.5 Å². The molecule has 10 heteroatoms. The van der Waals surface area contributed by atoms with Crippen molar-refractivity contribution in [2.24, 2.45) is 5.92 Å². The molecule has 190 valence electrons. The van der Waals surface area contributed by atoms with Crippen LogP contribution in [0.1, 0.15) is 67.4 Å². The van der Waals surface area contributed by atoms with Gasteiger partial charge in [-0.2, -0.15) is 21.6 Å². The third-order valence-electron chi connectivity index (χ3n) is 7.76. The Bertz CT molecular complexity index is 1420. The number of nitrogens with zero attached hydrogens (tertiary/aromatic N) is 1. The summed E-state index contributed by atoms with van der Waals surface area (Å²) in [5.74, 6) is 1.54. The van der Waals surface area contributed by atoms with Crippen LogP contribution in [0.15, 0.2) is 42.6 Å². The average Bonchev–Trinajstić information content (AvgIpc) is 3.63. The first-order chi connectivity index (χ1) is 17.1. The van der Waals surface area contributed by atoms with E-state index < -0.39 is 15.6 Å². The lowest BCUT2D eigenvalue weighted by atomic mass is 9.85. The fourth-order valence-corrected chi connectivity index (χ4v) is 6.56. The van der Waals surface area contributed by atoms with Gasteiger partial charge in [-0.1, -0.05) is 37.3 Å². The molecule has 1 saturated heterocycles. The summed E-state index contributed by atoms with van der Waals surface area (Å²) in [5, 5.41) is 3.48. The third-order valence-corrected chi connectivity index (χ3v) is 8.73. The number of aromatic amines is 1. The van der Waals surface area contributed by atoms with Gasteiger partial charge in [-0.25, -0.2) is 4.98 Å². The second-order valence-corrected chi connectivity index (χ2v) is 11.7. The Hall–Kier alpha value is -2.85. The summed E-state index contributed by atoms with van der Waals surface area (Å²) in [4.78, 5) is 7.97. The number of hydrogen-bond donors (Lipinski definition) is 2. The Kier molecular flexibility index (Phi) is 5.46. The van der Waals surface area contributed by atoms with Crippen molar-refractivity contribution in [3.8, 4) is 28.1 Å². The van der Waals surface area contributed by atoms with E-state index in [4.69, 9.17) is 0 Å². The molecule has 0 amide bonds. The van der Waals surface area contributed by atoms with Gasteiger partial charge < -0.3 is 14.5 Å². The van der Waals surface area contributed by atoms with Crippen LogP contribution in [0.4, 0.5) is 13.2 Å². The van der Waals surface area contributed by atoms with Crippen LogP contribution in [0, 0.1) is 5.92 Å². The van der Waals surface area contributed by atoms with Crippen LogP contribution in [-0.4, -0.2) is 30.4 Å². The van der Waals surface area contributed by atoms with Gasteiger partial charge in [0.05, 0.1) is 17.9 Å². The minimum Gasteiger partial charge on any atom is -0.376 e. The molecular formula is C26H26F3N3O3S. The molecule has 6 rings (SSSR count). The molecular weight excluding hydrogens is 491 g/mol. The van der Waals surface area contributed by atoms with Gasteiger partial charge >= 0.3 is 15.6 Å². The number of alkyl halides is 3. The highest BCUT2D eigenvalue weighted by atomic mass is 32.2. The fraction of sp³-hybridized carbons (Fsp3) is 0.423. The van der Waals surface area contributed by atoms with Gasteiger partial charge in [0.1, 0.15) is 11.6 Å². The summed E-state index contributed by atoms with van der Waals surface area (Å²) in [6, 6.07) is 11.2. The molecule has 0 spiro atoms. The largest absolute Gasteiger partial charge is 0.534 e. The van der Waals surface area contributed by atoms with Crippen molar-refractivity contribution in [1.29, 1.82) is 0 Å². The highest BCUT2D eigenvalue weighted by Gasteiger charge is 2.50. The molecule has 2 N–H and O–H groups in total. The lowest BCUT2D eigenvalue weighted by Gasteiger charge is -2.22. The van der Waals surface area contributed by atoms with Gasteiger partial charge in [-0.05, 0) is 78.3 Å². The maximum absolute atomic E-state index is 13.0. The number of rotatable bonds is 5. The van der Waals surface area contributed by atoms with Crippen LogP contribution in [0.2, 0.25) is 0 Å². The van der Waals surface area contributed by atoms with Crippen molar-refractivity contribution in [3.63, 3.8) is 0 Å². The second kappa shape index (κ2) is 8.34. The Morgan fingerprint density at radius 3 is 2.33 bits per heavy atom. The molecule has 4 atom stereocenters. The summed E-state index contributed by atoms with van der Waals surface area (Å²) in [7, 11) is -5.72. The van der Waals surface area contributed by atoms with Gasteiger partial charge in [0.25, 0.3) is 0 Å². The molecule has 36 heavy (non-hydrogen) atoms. The average molecular weight is 518 g/mol. The van der Waals surface area contributed by atoms with Gasteiger partial charge in [0.2, 0.25) is 0 Å². The molecule has 3 aliphatic rings. The molecule has 0 radical (unpaired) electrons. The molecule has 2 aromatic carbocycles. The number of fused-ring (bicyclic) bond motifs is 5. The van der Waals surface area contributed by atoms with E-state index in [1.165, 1.54) is 6.07 Å². The number of imidazole rings is 1. The summed E-state index contributed by atoms with van der Waals surface area (Å²) in [5.41, 5.74) is -0.198. The Morgan fingerprint density at radius 1 is 0.972 bits per heavy atom. The Morgan fingerprint density at radius 2 is 1.67 bits per heavy atom. The monoisotopic (exact) mass is 517 g/mol. The van der Waals surface area contributed by atoms with Gasteiger partial charge in [0, 0.05) is 5.56 Å². The summed E-state index contributed by atoms with van der Waals surface area (Å²) in [6.45, 7) is 3.19. The van der Waals surface area contributed by atoms with E-state index >= 15 is 0 Å². The molecule has 1 aromatic heterocycles. The number of H-pyrrole nitrogens is 1. The van der Waals surface area contributed by atoms with Crippen molar-refractivity contribution in [2.45, 2.75) is 56.0 Å². The molecule has 2 bridgehead atoms. The number of aromatic nitrogens is 2. The van der Waals surface area contributed by atoms with E-state index in [1.54, 1.807) is 6.07 Å². The standard InChI is InChI=1S/C26H26F3N3O3S/c1-14-10-20(30-12-14)25-31-13-21(32-25)16-4-2-15(3-5-16)19-8-9-22(35-36(33,34)26(27,28)29)24-18-7-6-17(11-18)23(19)24/h2-5,8-9,13-14,17-18,20,30H,6-7,10-12H2,1H3,(H,31,32). The molecule has 3 aromatic rings. The molecule has 2 heterocycles. The van der Waals surface area contributed by atoms with E-state index in [-0.39, 0.29) is 23.6 Å². The quantitative estimate of drug-likeness (QED) is 0.320. The SMILES string of the molecule is CC1CNC(c2ncc(-c3ccc(-c4ccc(OS(=O)(=O)C(F)(F)F)c5c4C4CCC5C4)cc3)[nH]2)C1. The van der Waals surface area contributed by atoms with Crippen molar-refractivity contribution in [1.82, 2.24) is 15.3 Å².